The predicted molar refractivity (Wildman–Crippen MR) is 83.7 cm³/mol. The molecule has 2 aliphatic rings. The van der Waals surface area contributed by atoms with E-state index in [9.17, 15) is 0 Å². The van der Waals surface area contributed by atoms with Gasteiger partial charge in [-0.05, 0) is 39.2 Å². The average Bonchev–Trinajstić information content (AvgIpc) is 3.05. The summed E-state index contributed by atoms with van der Waals surface area (Å²) >= 11 is 1.88. The third-order valence-corrected chi connectivity index (χ3v) is 5.83. The molecule has 2 heterocycles. The Balaban J connectivity index is 1.81. The van der Waals surface area contributed by atoms with Crippen LogP contribution in [-0.4, -0.2) is 37.3 Å². The number of likely N-dealkylation sites (N-methyl/N-ethyl adjacent to an activating group) is 1. The molecule has 1 aliphatic heterocycles. The molecule has 0 bridgehead atoms. The van der Waals surface area contributed by atoms with Gasteiger partial charge in [0.25, 0.3) is 0 Å². The van der Waals surface area contributed by atoms with Gasteiger partial charge in [-0.3, -0.25) is 0 Å². The van der Waals surface area contributed by atoms with Crippen LogP contribution in [0.5, 0.6) is 0 Å². The standard InChI is InChI=1S/C15H25N3OS/c1-4-16-11-6-5-7-12-14(11)20-15(17-12)18(3)13-8-9-19-10(13)2/h10-11,13,16H,4-9H2,1-3H3. The average molecular weight is 295 g/mol. The molecule has 4 nitrogen and oxygen atoms in total. The molecule has 3 unspecified atom stereocenters. The van der Waals surface area contributed by atoms with E-state index >= 15 is 0 Å². The topological polar surface area (TPSA) is 37.4 Å². The number of hydrogen-bond acceptors (Lipinski definition) is 5. The van der Waals surface area contributed by atoms with Gasteiger partial charge in [0.15, 0.2) is 5.13 Å². The molecule has 1 fully saturated rings. The summed E-state index contributed by atoms with van der Waals surface area (Å²) in [6.07, 6.45) is 5.05. The van der Waals surface area contributed by atoms with E-state index in [1.165, 1.54) is 28.5 Å². The molecule has 112 valence electrons. The van der Waals surface area contributed by atoms with Crippen LogP contribution in [0.1, 0.15) is 49.7 Å². The van der Waals surface area contributed by atoms with Gasteiger partial charge in [-0.2, -0.15) is 0 Å². The van der Waals surface area contributed by atoms with Crippen molar-refractivity contribution in [1.82, 2.24) is 10.3 Å². The van der Waals surface area contributed by atoms with Crippen LogP contribution in [0.2, 0.25) is 0 Å². The van der Waals surface area contributed by atoms with Crippen molar-refractivity contribution in [3.63, 3.8) is 0 Å². The van der Waals surface area contributed by atoms with Crippen molar-refractivity contribution in [3.8, 4) is 0 Å². The van der Waals surface area contributed by atoms with E-state index in [4.69, 9.17) is 9.72 Å². The number of anilines is 1. The number of thiazole rings is 1. The largest absolute Gasteiger partial charge is 0.376 e. The van der Waals surface area contributed by atoms with Crippen molar-refractivity contribution < 1.29 is 4.74 Å². The maximum Gasteiger partial charge on any atom is 0.185 e. The molecular formula is C15H25N3OS. The van der Waals surface area contributed by atoms with Crippen molar-refractivity contribution in [2.24, 2.45) is 0 Å². The number of aromatic nitrogens is 1. The highest BCUT2D eigenvalue weighted by atomic mass is 32.1. The fraction of sp³-hybridized carbons (Fsp3) is 0.800. The van der Waals surface area contributed by atoms with Gasteiger partial charge in [0.05, 0.1) is 17.8 Å². The molecule has 20 heavy (non-hydrogen) atoms. The van der Waals surface area contributed by atoms with Gasteiger partial charge < -0.3 is 15.0 Å². The van der Waals surface area contributed by atoms with Gasteiger partial charge >= 0.3 is 0 Å². The Labute approximate surface area is 125 Å². The van der Waals surface area contributed by atoms with Gasteiger partial charge in [-0.15, -0.1) is 0 Å². The zero-order valence-electron chi connectivity index (χ0n) is 12.7. The lowest BCUT2D eigenvalue weighted by Gasteiger charge is -2.26. The summed E-state index contributed by atoms with van der Waals surface area (Å²) in [6.45, 7) is 6.25. The third kappa shape index (κ3) is 2.59. The van der Waals surface area contributed by atoms with E-state index in [1.54, 1.807) is 0 Å². The summed E-state index contributed by atoms with van der Waals surface area (Å²) in [7, 11) is 2.17. The second kappa shape index (κ2) is 6.00. The summed E-state index contributed by atoms with van der Waals surface area (Å²) in [4.78, 5) is 8.71. The second-order valence-corrected chi connectivity index (χ2v) is 6.86. The fourth-order valence-electron chi connectivity index (χ4n) is 3.37. The number of fused-ring (bicyclic) bond motifs is 1. The van der Waals surface area contributed by atoms with Crippen LogP contribution in [-0.2, 0) is 11.2 Å². The summed E-state index contributed by atoms with van der Waals surface area (Å²) in [6, 6.07) is 0.987. The Kier molecular flexibility index (Phi) is 4.29. The number of hydrogen-bond donors (Lipinski definition) is 1. The van der Waals surface area contributed by atoms with E-state index in [0.29, 0.717) is 18.2 Å². The van der Waals surface area contributed by atoms with Crippen molar-refractivity contribution in [2.75, 3.05) is 25.1 Å². The van der Waals surface area contributed by atoms with Crippen LogP contribution in [0.4, 0.5) is 5.13 Å². The Morgan fingerprint density at radius 3 is 3.00 bits per heavy atom. The van der Waals surface area contributed by atoms with Crippen LogP contribution in [0.15, 0.2) is 0 Å². The van der Waals surface area contributed by atoms with Crippen LogP contribution in [0.25, 0.3) is 0 Å². The number of nitrogens with zero attached hydrogens (tertiary/aromatic N) is 2. The van der Waals surface area contributed by atoms with Gasteiger partial charge in [0.1, 0.15) is 0 Å². The Hall–Kier alpha value is -0.650. The van der Waals surface area contributed by atoms with Crippen molar-refractivity contribution in [3.05, 3.63) is 10.6 Å². The number of ether oxygens (including phenoxy) is 1. The zero-order valence-corrected chi connectivity index (χ0v) is 13.5. The van der Waals surface area contributed by atoms with Gasteiger partial charge in [-0.1, -0.05) is 18.3 Å². The first kappa shape index (κ1) is 14.3. The number of aryl methyl sites for hydroxylation is 1. The minimum atomic E-state index is 0.311. The first-order chi connectivity index (χ1) is 9.70. The van der Waals surface area contributed by atoms with Crippen molar-refractivity contribution in [2.45, 2.75) is 57.7 Å². The highest BCUT2D eigenvalue weighted by Gasteiger charge is 2.31. The molecule has 0 spiro atoms. The van der Waals surface area contributed by atoms with Crippen molar-refractivity contribution in [1.29, 1.82) is 0 Å². The first-order valence-corrected chi connectivity index (χ1v) is 8.59. The lowest BCUT2D eigenvalue weighted by molar-refractivity contribution is 0.118. The minimum Gasteiger partial charge on any atom is -0.376 e. The molecule has 1 saturated heterocycles. The molecule has 1 aromatic heterocycles. The normalized spacial score (nSPS) is 29.4. The molecule has 0 saturated carbocycles. The van der Waals surface area contributed by atoms with Crippen molar-refractivity contribution >= 4 is 16.5 Å². The van der Waals surface area contributed by atoms with Crippen LogP contribution >= 0.6 is 11.3 Å². The second-order valence-electron chi connectivity index (χ2n) is 5.85. The van der Waals surface area contributed by atoms with Crippen LogP contribution in [0.3, 0.4) is 0 Å². The van der Waals surface area contributed by atoms with Gasteiger partial charge in [0.2, 0.25) is 0 Å². The molecule has 1 aromatic rings. The third-order valence-electron chi connectivity index (χ3n) is 4.53. The van der Waals surface area contributed by atoms with E-state index in [2.05, 4.69) is 31.1 Å². The zero-order chi connectivity index (χ0) is 14.1. The minimum absolute atomic E-state index is 0.311. The molecule has 1 aliphatic carbocycles. The monoisotopic (exact) mass is 295 g/mol. The predicted octanol–water partition coefficient (Wildman–Crippen LogP) is 2.74. The fourth-order valence-corrected chi connectivity index (χ4v) is 4.61. The number of nitrogens with one attached hydrogen (secondary N) is 1. The first-order valence-electron chi connectivity index (χ1n) is 7.78. The van der Waals surface area contributed by atoms with Gasteiger partial charge in [-0.25, -0.2) is 4.98 Å². The van der Waals surface area contributed by atoms with E-state index in [-0.39, 0.29) is 0 Å². The molecule has 1 N–H and O–H groups in total. The summed E-state index contributed by atoms with van der Waals surface area (Å²) in [5.74, 6) is 0. The maximum atomic E-state index is 5.69. The lowest BCUT2D eigenvalue weighted by atomic mass is 9.98. The Bertz CT molecular complexity index is 462. The molecule has 3 atom stereocenters. The molecule has 5 heteroatoms. The Morgan fingerprint density at radius 2 is 2.30 bits per heavy atom. The Morgan fingerprint density at radius 1 is 1.45 bits per heavy atom. The molecule has 3 rings (SSSR count). The molecule has 0 aromatic carbocycles. The summed E-state index contributed by atoms with van der Waals surface area (Å²) in [5.41, 5.74) is 1.32. The summed E-state index contributed by atoms with van der Waals surface area (Å²) in [5, 5.41) is 4.77. The lowest BCUT2D eigenvalue weighted by Crippen LogP contribution is -2.36. The maximum absolute atomic E-state index is 5.69. The van der Waals surface area contributed by atoms with E-state index in [0.717, 1.165) is 26.0 Å². The number of rotatable bonds is 4. The van der Waals surface area contributed by atoms with E-state index < -0.39 is 0 Å². The molecule has 0 amide bonds. The van der Waals surface area contributed by atoms with E-state index in [1.807, 2.05) is 11.3 Å². The molecular weight excluding hydrogens is 270 g/mol. The molecule has 0 radical (unpaired) electrons. The highest BCUT2D eigenvalue weighted by molar-refractivity contribution is 7.15. The quantitative estimate of drug-likeness (QED) is 0.927. The van der Waals surface area contributed by atoms with Gasteiger partial charge in [0, 0.05) is 24.6 Å². The smallest absolute Gasteiger partial charge is 0.185 e. The van der Waals surface area contributed by atoms with Crippen LogP contribution in [0, 0.1) is 0 Å². The summed E-state index contributed by atoms with van der Waals surface area (Å²) < 4.78 is 5.69. The highest BCUT2D eigenvalue weighted by Crippen LogP contribution is 2.38. The van der Waals surface area contributed by atoms with Crippen LogP contribution < -0.4 is 10.2 Å². The SMILES string of the molecule is CCNC1CCCc2nc(N(C)C3CCOC3C)sc21.